The molecule has 0 saturated carbocycles. The summed E-state index contributed by atoms with van der Waals surface area (Å²) in [6.45, 7) is 0. The van der Waals surface area contributed by atoms with E-state index in [0.717, 1.165) is 0 Å². The van der Waals surface area contributed by atoms with E-state index >= 15 is 0 Å². The van der Waals surface area contributed by atoms with E-state index in [1.807, 2.05) is 0 Å². The summed E-state index contributed by atoms with van der Waals surface area (Å²) in [6.07, 6.45) is 2.49. The molecule has 0 aromatic carbocycles. The Morgan fingerprint density at radius 2 is 2.67 bits per heavy atom. The fraction of sp³-hybridized carbons (Fsp3) is 0. The Labute approximate surface area is 38.7 Å². The monoisotopic (exact) mass is 103 g/mol. The van der Waals surface area contributed by atoms with Crippen molar-refractivity contribution in [3.05, 3.63) is 11.6 Å². The van der Waals surface area contributed by atoms with Crippen LogP contribution in [-0.2, 0) is 11.4 Å². The van der Waals surface area contributed by atoms with E-state index in [2.05, 4.69) is 16.5 Å². The summed E-state index contributed by atoms with van der Waals surface area (Å²) in [4.78, 5) is 2.38. The van der Waals surface area contributed by atoms with Crippen molar-refractivity contribution in [1.29, 1.82) is 0 Å². The predicted molar refractivity (Wildman–Crippen MR) is 22.2 cm³/mol. The average Bonchev–Trinajstić information content (AvgIpc) is 1.86. The highest BCUT2D eigenvalue weighted by atomic mass is 32.2. The third-order valence-electron chi connectivity index (χ3n) is 0.390. The smallest absolute Gasteiger partial charge is 0.167 e. The molecule has 1 aliphatic heterocycles. The highest BCUT2D eigenvalue weighted by Gasteiger charge is 2.02. The first-order chi connectivity index (χ1) is 2.89. The second-order valence-corrected chi connectivity index (χ2v) is 1.82. The molecule has 0 fully saturated rings. The van der Waals surface area contributed by atoms with Crippen LogP contribution in [0.4, 0.5) is 0 Å². The predicted octanol–water partition coefficient (Wildman–Crippen LogP) is -0.968. The zero-order valence-electron chi connectivity index (χ0n) is 2.89. The van der Waals surface area contributed by atoms with Crippen LogP contribution in [0.5, 0.6) is 0 Å². The van der Waals surface area contributed by atoms with Crippen LogP contribution in [0.3, 0.4) is 0 Å². The molecule has 0 bridgehead atoms. The van der Waals surface area contributed by atoms with E-state index < -0.39 is 11.4 Å². The Kier molecular flexibility index (Phi) is 0.999. The van der Waals surface area contributed by atoms with Crippen LogP contribution in [0, 0.1) is 6.20 Å². The lowest BCUT2D eigenvalue weighted by molar-refractivity contribution is 0.588. The first-order valence-electron chi connectivity index (χ1n) is 1.40. The van der Waals surface area contributed by atoms with Crippen molar-refractivity contribution >= 4 is 11.4 Å². The van der Waals surface area contributed by atoms with Crippen LogP contribution in [0.15, 0.2) is 5.41 Å². The van der Waals surface area contributed by atoms with Gasteiger partial charge in [-0.3, -0.25) is 5.43 Å². The first kappa shape index (κ1) is 3.98. The van der Waals surface area contributed by atoms with Crippen LogP contribution in [-0.4, -0.2) is 4.55 Å². The van der Waals surface area contributed by atoms with Gasteiger partial charge in [0, 0.05) is 0 Å². The Morgan fingerprint density at radius 1 is 1.83 bits per heavy atom. The van der Waals surface area contributed by atoms with Gasteiger partial charge in [-0.05, 0) is 4.83 Å². The molecule has 1 aliphatic rings. The maximum absolute atomic E-state index is 10.1. The number of nitrogens with one attached hydrogen (secondary N) is 2. The summed E-state index contributed by atoms with van der Waals surface area (Å²) in [5.41, 5.74) is 2.42. The molecular formula is C2H3N2OS. The molecule has 1 atom stereocenters. The van der Waals surface area contributed by atoms with Crippen molar-refractivity contribution in [1.82, 2.24) is 10.3 Å². The van der Waals surface area contributed by atoms with Gasteiger partial charge in [-0.25, -0.2) is 0 Å². The largest absolute Gasteiger partial charge is 0.592 e. The van der Waals surface area contributed by atoms with Gasteiger partial charge in [-0.15, -0.1) is 0 Å². The highest BCUT2D eigenvalue weighted by molar-refractivity contribution is 7.92. The van der Waals surface area contributed by atoms with Gasteiger partial charge in [0.15, 0.2) is 5.41 Å². The quantitative estimate of drug-likeness (QED) is 0.388. The van der Waals surface area contributed by atoms with Crippen LogP contribution in [0.2, 0.25) is 0 Å². The molecule has 4 heteroatoms. The van der Waals surface area contributed by atoms with Crippen molar-refractivity contribution in [2.75, 3.05) is 0 Å². The molecule has 1 heterocycles. The molecule has 0 aromatic rings. The maximum atomic E-state index is 10.1. The van der Waals surface area contributed by atoms with E-state index in [1.165, 1.54) is 5.41 Å². The molecule has 0 aliphatic carbocycles. The van der Waals surface area contributed by atoms with Gasteiger partial charge in [0.1, 0.15) is 6.20 Å². The summed E-state index contributed by atoms with van der Waals surface area (Å²) in [5, 5.41) is 1.40. The summed E-state index contributed by atoms with van der Waals surface area (Å²) < 4.78 is 10.1. The Balaban J connectivity index is 2.38. The molecule has 0 saturated heterocycles. The molecule has 1 rings (SSSR count). The van der Waals surface area contributed by atoms with Gasteiger partial charge in [0.25, 0.3) is 0 Å². The lowest BCUT2D eigenvalue weighted by Crippen LogP contribution is -2.25. The van der Waals surface area contributed by atoms with Gasteiger partial charge >= 0.3 is 0 Å². The normalized spacial score (nSPS) is 30.5. The summed E-state index contributed by atoms with van der Waals surface area (Å²) in [7, 11) is 0. The molecule has 1 unspecified atom stereocenters. The van der Waals surface area contributed by atoms with E-state index in [1.54, 1.807) is 0 Å². The Hall–Kier alpha value is -0.190. The van der Waals surface area contributed by atoms with Gasteiger partial charge in [0.2, 0.25) is 0 Å². The SMILES string of the molecule is [O-][S+]1C=[C]NN1. The van der Waals surface area contributed by atoms with Gasteiger partial charge < -0.3 is 4.55 Å². The Morgan fingerprint density at radius 3 is 2.83 bits per heavy atom. The lowest BCUT2D eigenvalue weighted by atomic mass is 11.1. The second-order valence-electron chi connectivity index (χ2n) is 0.787. The molecule has 0 spiro atoms. The van der Waals surface area contributed by atoms with Crippen molar-refractivity contribution < 1.29 is 4.55 Å². The van der Waals surface area contributed by atoms with E-state index in [4.69, 9.17) is 0 Å². The fourth-order valence-corrected chi connectivity index (χ4v) is 0.577. The van der Waals surface area contributed by atoms with Crippen LogP contribution >= 0.6 is 0 Å². The molecular weight excluding hydrogens is 100 g/mol. The third kappa shape index (κ3) is 0.649. The van der Waals surface area contributed by atoms with Crippen molar-refractivity contribution in [2.45, 2.75) is 0 Å². The average molecular weight is 103 g/mol. The fourth-order valence-electron chi connectivity index (χ4n) is 0.192. The highest BCUT2D eigenvalue weighted by Crippen LogP contribution is 1.86. The van der Waals surface area contributed by atoms with E-state index in [0.29, 0.717) is 0 Å². The van der Waals surface area contributed by atoms with Gasteiger partial charge in [0.05, 0.1) is 11.4 Å². The summed E-state index contributed by atoms with van der Waals surface area (Å²) >= 11 is -1.02. The maximum Gasteiger partial charge on any atom is 0.167 e. The number of hydrazine groups is 1. The van der Waals surface area contributed by atoms with E-state index in [9.17, 15) is 4.55 Å². The number of hydrogen-bond donors (Lipinski definition) is 2. The second kappa shape index (κ2) is 1.51. The minimum atomic E-state index is -1.02. The van der Waals surface area contributed by atoms with Crippen molar-refractivity contribution in [3.63, 3.8) is 0 Å². The molecule has 1 radical (unpaired) electrons. The Bertz CT molecular complexity index is 73.9. The minimum absolute atomic E-state index is 1.02. The third-order valence-corrected chi connectivity index (χ3v) is 1.02. The molecule has 33 valence electrons. The van der Waals surface area contributed by atoms with Crippen LogP contribution < -0.4 is 10.3 Å². The standard InChI is InChI=1S/C2H3N2OS/c5-6-2-1-3-4-6/h2-4H. The zero-order valence-corrected chi connectivity index (χ0v) is 3.71. The zero-order chi connectivity index (χ0) is 4.41. The summed E-state index contributed by atoms with van der Waals surface area (Å²) in [6, 6.07) is 0. The van der Waals surface area contributed by atoms with Gasteiger partial charge in [-0.2, -0.15) is 0 Å². The first-order valence-corrected chi connectivity index (χ1v) is 2.61. The molecule has 0 aromatic heterocycles. The molecule has 6 heavy (non-hydrogen) atoms. The van der Waals surface area contributed by atoms with Gasteiger partial charge in [-0.1, -0.05) is 0 Å². The van der Waals surface area contributed by atoms with Crippen LogP contribution in [0.25, 0.3) is 0 Å². The molecule has 3 nitrogen and oxygen atoms in total. The summed E-state index contributed by atoms with van der Waals surface area (Å²) in [5.74, 6) is 0. The number of hydrogen-bond acceptors (Lipinski definition) is 3. The van der Waals surface area contributed by atoms with Crippen LogP contribution in [0.1, 0.15) is 0 Å². The van der Waals surface area contributed by atoms with Crippen molar-refractivity contribution in [3.8, 4) is 0 Å². The lowest BCUT2D eigenvalue weighted by Gasteiger charge is -1.93. The van der Waals surface area contributed by atoms with Crippen molar-refractivity contribution in [2.24, 2.45) is 0 Å². The number of rotatable bonds is 0. The molecule has 2 N–H and O–H groups in total. The van der Waals surface area contributed by atoms with E-state index in [-0.39, 0.29) is 0 Å². The topological polar surface area (TPSA) is 47.1 Å². The molecule has 0 amide bonds. The minimum Gasteiger partial charge on any atom is -0.592 e.